The Hall–Kier alpha value is -3.09. The van der Waals surface area contributed by atoms with E-state index in [0.29, 0.717) is 11.3 Å². The molecule has 128 valence electrons. The van der Waals surface area contributed by atoms with Crippen molar-refractivity contribution in [3.63, 3.8) is 0 Å². The summed E-state index contributed by atoms with van der Waals surface area (Å²) in [5.74, 6) is -1.10. The fourth-order valence-electron chi connectivity index (χ4n) is 2.39. The fraction of sp³-hybridized carbons (Fsp3) is 0.111. The average molecular weight is 346 g/mol. The van der Waals surface area contributed by atoms with Gasteiger partial charge in [0.25, 0.3) is 0 Å². The molecular formula is C18H13F3N2O2. The minimum Gasteiger partial charge on any atom is -0.478 e. The molecule has 0 amide bonds. The summed E-state index contributed by atoms with van der Waals surface area (Å²) in [5.41, 5.74) is 1.17. The van der Waals surface area contributed by atoms with Gasteiger partial charge in [-0.3, -0.25) is 0 Å². The molecule has 0 fully saturated rings. The van der Waals surface area contributed by atoms with E-state index in [9.17, 15) is 18.0 Å². The third kappa shape index (κ3) is 3.40. The molecule has 0 spiro atoms. The van der Waals surface area contributed by atoms with E-state index >= 15 is 0 Å². The largest absolute Gasteiger partial charge is 0.478 e. The van der Waals surface area contributed by atoms with E-state index in [-0.39, 0.29) is 11.3 Å². The van der Waals surface area contributed by atoms with Gasteiger partial charge in [0.2, 0.25) is 0 Å². The predicted molar refractivity (Wildman–Crippen MR) is 85.7 cm³/mol. The zero-order valence-electron chi connectivity index (χ0n) is 13.1. The van der Waals surface area contributed by atoms with Gasteiger partial charge in [0, 0.05) is 5.56 Å². The van der Waals surface area contributed by atoms with Gasteiger partial charge in [-0.15, -0.1) is 0 Å². The smallest absolute Gasteiger partial charge is 0.435 e. The summed E-state index contributed by atoms with van der Waals surface area (Å²) < 4.78 is 40.5. The number of carboxylic acid groups (broad SMARTS) is 1. The second kappa shape index (κ2) is 6.08. The summed E-state index contributed by atoms with van der Waals surface area (Å²) in [6, 6.07) is 13.5. The molecule has 0 aliphatic heterocycles. The molecule has 1 heterocycles. The summed E-state index contributed by atoms with van der Waals surface area (Å²) in [6.07, 6.45) is -4.58. The number of nitrogens with zero attached hydrogens (tertiary/aromatic N) is 2. The SMILES string of the molecule is Cc1ccc(-n2nc(C(F)(F)F)cc2-c2ccc(C(=O)O)cc2)cc1. The van der Waals surface area contributed by atoms with Crippen LogP contribution in [0.2, 0.25) is 0 Å². The Morgan fingerprint density at radius 3 is 2.16 bits per heavy atom. The monoisotopic (exact) mass is 346 g/mol. The van der Waals surface area contributed by atoms with Gasteiger partial charge in [-0.1, -0.05) is 29.8 Å². The van der Waals surface area contributed by atoms with E-state index in [1.165, 1.54) is 28.9 Å². The maximum absolute atomic E-state index is 13.1. The van der Waals surface area contributed by atoms with Crippen molar-refractivity contribution in [1.82, 2.24) is 9.78 Å². The maximum atomic E-state index is 13.1. The number of carbonyl (C=O) groups is 1. The van der Waals surface area contributed by atoms with Crippen LogP contribution in [0.15, 0.2) is 54.6 Å². The molecule has 7 heteroatoms. The molecule has 1 aromatic heterocycles. The number of rotatable bonds is 3. The lowest BCUT2D eigenvalue weighted by Crippen LogP contribution is -2.07. The Bertz CT molecular complexity index is 911. The standard InChI is InChI=1S/C18H13F3N2O2/c1-11-2-8-14(9-3-11)23-15(10-16(22-23)18(19,20)21)12-4-6-13(7-5-12)17(24)25/h2-10H,1H3,(H,24,25). The van der Waals surface area contributed by atoms with Crippen molar-refractivity contribution >= 4 is 5.97 Å². The summed E-state index contributed by atoms with van der Waals surface area (Å²) in [6.45, 7) is 1.87. The van der Waals surface area contributed by atoms with Crippen LogP contribution < -0.4 is 0 Å². The summed E-state index contributed by atoms with van der Waals surface area (Å²) >= 11 is 0. The molecule has 0 unspecified atom stereocenters. The lowest BCUT2D eigenvalue weighted by Gasteiger charge is -2.08. The first kappa shape index (κ1) is 16.8. The third-order valence-corrected chi connectivity index (χ3v) is 3.71. The van der Waals surface area contributed by atoms with Gasteiger partial charge in [0.15, 0.2) is 5.69 Å². The first-order valence-corrected chi connectivity index (χ1v) is 7.34. The van der Waals surface area contributed by atoms with Crippen LogP contribution in [0, 0.1) is 6.92 Å². The van der Waals surface area contributed by atoms with Crippen molar-refractivity contribution in [2.45, 2.75) is 13.1 Å². The Balaban J connectivity index is 2.15. The van der Waals surface area contributed by atoms with Crippen LogP contribution in [0.5, 0.6) is 0 Å². The van der Waals surface area contributed by atoms with Crippen molar-refractivity contribution in [1.29, 1.82) is 0 Å². The van der Waals surface area contributed by atoms with E-state index in [2.05, 4.69) is 5.10 Å². The molecule has 0 bridgehead atoms. The number of benzene rings is 2. The molecule has 3 aromatic rings. The van der Waals surface area contributed by atoms with Gasteiger partial charge >= 0.3 is 12.1 Å². The molecule has 0 aliphatic rings. The summed E-state index contributed by atoms with van der Waals surface area (Å²) in [5, 5.41) is 12.6. The highest BCUT2D eigenvalue weighted by atomic mass is 19.4. The molecule has 0 saturated heterocycles. The Morgan fingerprint density at radius 1 is 1.04 bits per heavy atom. The second-order valence-electron chi connectivity index (χ2n) is 5.54. The van der Waals surface area contributed by atoms with Crippen LogP contribution in [-0.4, -0.2) is 20.9 Å². The number of hydrogen-bond acceptors (Lipinski definition) is 2. The molecular weight excluding hydrogens is 333 g/mol. The molecule has 4 nitrogen and oxygen atoms in total. The first-order chi connectivity index (χ1) is 11.8. The number of aromatic nitrogens is 2. The van der Waals surface area contributed by atoms with Gasteiger partial charge in [-0.05, 0) is 37.3 Å². The average Bonchev–Trinajstić information content (AvgIpc) is 3.01. The van der Waals surface area contributed by atoms with E-state index in [1.807, 2.05) is 6.92 Å². The minimum absolute atomic E-state index is 0.0567. The maximum Gasteiger partial charge on any atom is 0.435 e. The number of aromatic carboxylic acids is 1. The van der Waals surface area contributed by atoms with Gasteiger partial charge in [0.05, 0.1) is 16.9 Å². The van der Waals surface area contributed by atoms with E-state index in [0.717, 1.165) is 11.6 Å². The molecule has 0 radical (unpaired) electrons. The van der Waals surface area contributed by atoms with Crippen LogP contribution in [0.3, 0.4) is 0 Å². The quantitative estimate of drug-likeness (QED) is 0.756. The molecule has 25 heavy (non-hydrogen) atoms. The van der Waals surface area contributed by atoms with Crippen LogP contribution >= 0.6 is 0 Å². The lowest BCUT2D eigenvalue weighted by atomic mass is 10.1. The fourth-order valence-corrected chi connectivity index (χ4v) is 2.39. The van der Waals surface area contributed by atoms with Crippen molar-refractivity contribution in [3.8, 4) is 16.9 Å². The normalized spacial score (nSPS) is 11.5. The molecule has 3 rings (SSSR count). The topological polar surface area (TPSA) is 55.1 Å². The van der Waals surface area contributed by atoms with Crippen LogP contribution in [0.25, 0.3) is 16.9 Å². The van der Waals surface area contributed by atoms with Crippen LogP contribution in [0.4, 0.5) is 13.2 Å². The molecule has 0 saturated carbocycles. The Morgan fingerprint density at radius 2 is 1.64 bits per heavy atom. The first-order valence-electron chi connectivity index (χ1n) is 7.34. The van der Waals surface area contributed by atoms with Crippen molar-refractivity contribution in [2.75, 3.05) is 0 Å². The van der Waals surface area contributed by atoms with E-state index in [1.54, 1.807) is 24.3 Å². The number of carboxylic acids is 1. The molecule has 0 atom stereocenters. The highest BCUT2D eigenvalue weighted by molar-refractivity contribution is 5.88. The van der Waals surface area contributed by atoms with Crippen LogP contribution in [0.1, 0.15) is 21.6 Å². The number of halogens is 3. The number of alkyl halides is 3. The van der Waals surface area contributed by atoms with Crippen molar-refractivity contribution < 1.29 is 23.1 Å². The minimum atomic E-state index is -4.58. The highest BCUT2D eigenvalue weighted by Crippen LogP contribution is 2.33. The third-order valence-electron chi connectivity index (χ3n) is 3.71. The van der Waals surface area contributed by atoms with Crippen LogP contribution in [-0.2, 0) is 6.18 Å². The Kier molecular flexibility index (Phi) is 4.08. The summed E-state index contributed by atoms with van der Waals surface area (Å²) in [4.78, 5) is 10.9. The number of hydrogen-bond donors (Lipinski definition) is 1. The lowest BCUT2D eigenvalue weighted by molar-refractivity contribution is -0.141. The van der Waals surface area contributed by atoms with Gasteiger partial charge in [-0.25, -0.2) is 9.48 Å². The van der Waals surface area contributed by atoms with Crippen molar-refractivity contribution in [2.24, 2.45) is 0 Å². The molecule has 2 aromatic carbocycles. The van der Waals surface area contributed by atoms with E-state index < -0.39 is 17.8 Å². The molecule has 0 aliphatic carbocycles. The second-order valence-corrected chi connectivity index (χ2v) is 5.54. The van der Waals surface area contributed by atoms with Gasteiger partial charge in [-0.2, -0.15) is 18.3 Å². The number of aryl methyl sites for hydroxylation is 1. The van der Waals surface area contributed by atoms with Crippen molar-refractivity contribution in [3.05, 3.63) is 71.4 Å². The molecule has 1 N–H and O–H groups in total. The van der Waals surface area contributed by atoms with E-state index in [4.69, 9.17) is 5.11 Å². The summed E-state index contributed by atoms with van der Waals surface area (Å²) in [7, 11) is 0. The zero-order valence-corrected chi connectivity index (χ0v) is 13.1. The van der Waals surface area contributed by atoms with Gasteiger partial charge in [0.1, 0.15) is 0 Å². The highest BCUT2D eigenvalue weighted by Gasteiger charge is 2.35. The van der Waals surface area contributed by atoms with Gasteiger partial charge < -0.3 is 5.11 Å². The zero-order chi connectivity index (χ0) is 18.2. The predicted octanol–water partition coefficient (Wildman–Crippen LogP) is 4.56. The Labute approximate surface area is 141 Å².